The Balaban J connectivity index is 1.95. The number of benzene rings is 1. The molecule has 0 N–H and O–H groups in total. The lowest BCUT2D eigenvalue weighted by atomic mass is 10.3. The highest BCUT2D eigenvalue weighted by atomic mass is 32.2. The first-order chi connectivity index (χ1) is 10.7. The summed E-state index contributed by atoms with van der Waals surface area (Å²) in [6.45, 7) is 0.00169. The van der Waals surface area contributed by atoms with E-state index >= 15 is 0 Å². The Hall–Kier alpha value is -2.71. The van der Waals surface area contributed by atoms with Gasteiger partial charge < -0.3 is 4.57 Å². The molecule has 1 aromatic carbocycles. The Morgan fingerprint density at radius 2 is 1.91 bits per heavy atom. The molecule has 0 spiro atoms. The Bertz CT molecular complexity index is 800. The van der Waals surface area contributed by atoms with E-state index in [-0.39, 0.29) is 17.7 Å². The fraction of sp³-hybridized carbons (Fsp3) is 0.0588. The largest absolute Gasteiger partial charge is 0.317 e. The highest BCUT2D eigenvalue weighted by molar-refractivity contribution is 8.18. The second-order valence-electron chi connectivity index (χ2n) is 4.61. The topological polar surface area (TPSA) is 42.3 Å². The normalized spacial score (nSPS) is 16.3. The Kier molecular flexibility index (Phi) is 3.86. The molecule has 2 amide bonds. The van der Waals surface area contributed by atoms with Crippen LogP contribution in [0.5, 0.6) is 0 Å². The van der Waals surface area contributed by atoms with Gasteiger partial charge in [-0.1, -0.05) is 24.1 Å². The summed E-state index contributed by atoms with van der Waals surface area (Å²) in [7, 11) is 0. The van der Waals surface area contributed by atoms with E-state index < -0.39 is 0 Å². The second-order valence-corrected chi connectivity index (χ2v) is 5.60. The summed E-state index contributed by atoms with van der Waals surface area (Å²) in [6, 6.07) is 13.6. The molecule has 0 saturated carbocycles. The maximum Gasteiger partial charge on any atom is 0.294 e. The van der Waals surface area contributed by atoms with Crippen LogP contribution in [0.1, 0.15) is 5.69 Å². The molecule has 2 heterocycles. The van der Waals surface area contributed by atoms with E-state index in [9.17, 15) is 9.59 Å². The minimum absolute atomic E-state index is 0.00169. The Labute approximate surface area is 132 Å². The van der Waals surface area contributed by atoms with Gasteiger partial charge in [0.05, 0.1) is 11.4 Å². The van der Waals surface area contributed by atoms with Crippen LogP contribution >= 0.6 is 11.8 Å². The van der Waals surface area contributed by atoms with E-state index in [1.54, 1.807) is 6.08 Å². The first kappa shape index (κ1) is 14.2. The van der Waals surface area contributed by atoms with Crippen LogP contribution in [0, 0.1) is 12.3 Å². The number of thioether (sulfide) groups is 1. The molecule has 4 nitrogen and oxygen atoms in total. The van der Waals surface area contributed by atoms with Gasteiger partial charge in [-0.05, 0) is 42.1 Å². The van der Waals surface area contributed by atoms with Gasteiger partial charge >= 0.3 is 0 Å². The lowest BCUT2D eigenvalue weighted by Crippen LogP contribution is -2.28. The third-order valence-corrected chi connectivity index (χ3v) is 4.12. The van der Waals surface area contributed by atoms with Crippen molar-refractivity contribution in [1.82, 2.24) is 9.47 Å². The summed E-state index contributed by atoms with van der Waals surface area (Å²) >= 11 is 0.914. The summed E-state index contributed by atoms with van der Waals surface area (Å²) in [5.74, 6) is 1.99. The molecule has 1 aliphatic rings. The molecule has 0 unspecified atom stereocenters. The summed E-state index contributed by atoms with van der Waals surface area (Å²) in [5, 5.41) is -0.327. The number of imide groups is 1. The number of carbonyl (C=O) groups is 2. The van der Waals surface area contributed by atoms with Gasteiger partial charge in [0, 0.05) is 17.6 Å². The van der Waals surface area contributed by atoms with E-state index in [2.05, 4.69) is 5.92 Å². The molecule has 2 aromatic rings. The average Bonchev–Trinajstić information content (AvgIpc) is 3.09. The van der Waals surface area contributed by atoms with Gasteiger partial charge in [0.2, 0.25) is 0 Å². The molecule has 5 heteroatoms. The van der Waals surface area contributed by atoms with E-state index in [0.29, 0.717) is 4.91 Å². The minimum Gasteiger partial charge on any atom is -0.317 e. The predicted molar refractivity (Wildman–Crippen MR) is 87.3 cm³/mol. The molecular weight excluding hydrogens is 296 g/mol. The van der Waals surface area contributed by atoms with Crippen LogP contribution < -0.4 is 0 Å². The summed E-state index contributed by atoms with van der Waals surface area (Å²) in [6.07, 6.45) is 8.81. The predicted octanol–water partition coefficient (Wildman–Crippen LogP) is 3.15. The van der Waals surface area contributed by atoms with Gasteiger partial charge in [-0.3, -0.25) is 14.5 Å². The number of hydrogen-bond acceptors (Lipinski definition) is 3. The van der Waals surface area contributed by atoms with E-state index in [0.717, 1.165) is 28.0 Å². The Morgan fingerprint density at radius 1 is 1.14 bits per heavy atom. The van der Waals surface area contributed by atoms with Crippen LogP contribution in [0.2, 0.25) is 0 Å². The summed E-state index contributed by atoms with van der Waals surface area (Å²) < 4.78 is 1.95. The number of amides is 2. The van der Waals surface area contributed by atoms with Crippen molar-refractivity contribution < 1.29 is 9.59 Å². The number of rotatable bonds is 3. The molecule has 22 heavy (non-hydrogen) atoms. The maximum absolute atomic E-state index is 12.2. The molecule has 0 radical (unpaired) electrons. The highest BCUT2D eigenvalue weighted by Gasteiger charge is 2.34. The average molecular weight is 308 g/mol. The fourth-order valence-corrected chi connectivity index (χ4v) is 3.02. The van der Waals surface area contributed by atoms with Gasteiger partial charge in [-0.2, -0.15) is 0 Å². The van der Waals surface area contributed by atoms with Crippen LogP contribution in [0.15, 0.2) is 53.6 Å². The van der Waals surface area contributed by atoms with Crippen molar-refractivity contribution in [3.63, 3.8) is 0 Å². The Morgan fingerprint density at radius 3 is 2.64 bits per heavy atom. The van der Waals surface area contributed by atoms with Crippen LogP contribution in [0.3, 0.4) is 0 Å². The van der Waals surface area contributed by atoms with Crippen LogP contribution in [-0.2, 0) is 4.79 Å². The molecule has 0 aliphatic carbocycles. The number of aromatic nitrogens is 1. The molecule has 108 valence electrons. The van der Waals surface area contributed by atoms with Crippen molar-refractivity contribution >= 4 is 29.0 Å². The van der Waals surface area contributed by atoms with Gasteiger partial charge in [-0.15, -0.1) is 6.42 Å². The fourth-order valence-electron chi connectivity index (χ4n) is 2.20. The molecule has 0 atom stereocenters. The second kappa shape index (κ2) is 5.96. The number of para-hydroxylation sites is 1. The van der Waals surface area contributed by atoms with Gasteiger partial charge in [-0.25, -0.2) is 0 Å². The van der Waals surface area contributed by atoms with E-state index in [1.807, 2.05) is 53.2 Å². The number of carbonyl (C=O) groups excluding carboxylic acids is 2. The SMILES string of the molecule is C#CCN1C(=O)S/C(=C\c2cccn2-c2ccccc2)C1=O. The summed E-state index contributed by atoms with van der Waals surface area (Å²) in [4.78, 5) is 25.4. The third kappa shape index (κ3) is 2.57. The van der Waals surface area contributed by atoms with Crippen LogP contribution in [0.4, 0.5) is 4.79 Å². The van der Waals surface area contributed by atoms with Crippen molar-refractivity contribution in [3.8, 4) is 18.0 Å². The molecular formula is C17H12N2O2S. The smallest absolute Gasteiger partial charge is 0.294 e. The van der Waals surface area contributed by atoms with Crippen molar-refractivity contribution in [3.05, 3.63) is 59.3 Å². The first-order valence-electron chi connectivity index (χ1n) is 6.62. The quantitative estimate of drug-likeness (QED) is 0.646. The van der Waals surface area contributed by atoms with Crippen molar-refractivity contribution in [1.29, 1.82) is 0 Å². The summed E-state index contributed by atoms with van der Waals surface area (Å²) in [5.41, 5.74) is 1.82. The molecule has 3 rings (SSSR count). The molecule has 1 fully saturated rings. The third-order valence-electron chi connectivity index (χ3n) is 3.22. The molecule has 1 aromatic heterocycles. The lowest BCUT2D eigenvalue weighted by Gasteiger charge is -2.07. The van der Waals surface area contributed by atoms with E-state index in [4.69, 9.17) is 6.42 Å². The zero-order valence-corrected chi connectivity index (χ0v) is 12.4. The van der Waals surface area contributed by atoms with Crippen LogP contribution in [-0.4, -0.2) is 27.2 Å². The van der Waals surface area contributed by atoms with E-state index in [1.165, 1.54) is 0 Å². The van der Waals surface area contributed by atoms with Gasteiger partial charge in [0.1, 0.15) is 0 Å². The number of hydrogen-bond donors (Lipinski definition) is 0. The van der Waals surface area contributed by atoms with Gasteiger partial charge in [0.15, 0.2) is 0 Å². The zero-order valence-electron chi connectivity index (χ0n) is 11.6. The van der Waals surface area contributed by atoms with Crippen LogP contribution in [0.25, 0.3) is 11.8 Å². The standard InChI is InChI=1S/C17H12N2O2S/c1-2-10-19-16(20)15(22-17(19)21)12-14-9-6-11-18(14)13-7-4-3-5-8-13/h1,3-9,11-12H,10H2/b15-12-. The number of nitrogens with zero attached hydrogens (tertiary/aromatic N) is 2. The molecule has 1 aliphatic heterocycles. The molecule has 0 bridgehead atoms. The van der Waals surface area contributed by atoms with Crippen molar-refractivity contribution in [2.75, 3.05) is 6.54 Å². The highest BCUT2D eigenvalue weighted by Crippen LogP contribution is 2.32. The number of terminal acetylenes is 1. The van der Waals surface area contributed by atoms with Gasteiger partial charge in [0.25, 0.3) is 11.1 Å². The monoisotopic (exact) mass is 308 g/mol. The lowest BCUT2D eigenvalue weighted by molar-refractivity contribution is -0.122. The minimum atomic E-state index is -0.339. The molecule has 1 saturated heterocycles. The maximum atomic E-state index is 12.2. The first-order valence-corrected chi connectivity index (χ1v) is 7.44. The van der Waals surface area contributed by atoms with Crippen molar-refractivity contribution in [2.45, 2.75) is 0 Å². The van der Waals surface area contributed by atoms with Crippen molar-refractivity contribution in [2.24, 2.45) is 0 Å². The zero-order chi connectivity index (χ0) is 15.5.